The van der Waals surface area contributed by atoms with Crippen molar-refractivity contribution in [2.45, 2.75) is 39.2 Å². The average Bonchev–Trinajstić information content (AvgIpc) is 2.32. The molecule has 0 saturated heterocycles. The fourth-order valence-corrected chi connectivity index (χ4v) is 1.95. The van der Waals surface area contributed by atoms with Gasteiger partial charge in [0.15, 0.2) is 0 Å². The molecule has 1 aromatic rings. The van der Waals surface area contributed by atoms with E-state index in [2.05, 4.69) is 28.2 Å². The smallest absolute Gasteiger partial charge is 0.305 e. The van der Waals surface area contributed by atoms with Crippen LogP contribution in [0.3, 0.4) is 0 Å². The normalized spacial score (nSPS) is 11.9. The Morgan fingerprint density at radius 3 is 2.67 bits per heavy atom. The van der Waals surface area contributed by atoms with E-state index in [1.807, 2.05) is 31.2 Å². The van der Waals surface area contributed by atoms with Crippen LogP contribution in [0.25, 0.3) is 0 Å². The van der Waals surface area contributed by atoms with Gasteiger partial charge >= 0.3 is 5.97 Å². The Balaban J connectivity index is 2.23. The molecular formula is C14H20BrNO2. The molecule has 4 heteroatoms. The van der Waals surface area contributed by atoms with Crippen molar-refractivity contribution in [1.29, 1.82) is 0 Å². The number of carbonyl (C=O) groups excluding carboxylic acids is 1. The number of halogens is 1. The van der Waals surface area contributed by atoms with Gasteiger partial charge in [0.1, 0.15) is 0 Å². The summed E-state index contributed by atoms with van der Waals surface area (Å²) in [6, 6.07) is 8.43. The van der Waals surface area contributed by atoms with E-state index >= 15 is 0 Å². The summed E-state index contributed by atoms with van der Waals surface area (Å²) in [5.74, 6) is -0.103. The molecule has 18 heavy (non-hydrogen) atoms. The van der Waals surface area contributed by atoms with Crippen molar-refractivity contribution in [1.82, 2.24) is 0 Å². The van der Waals surface area contributed by atoms with Gasteiger partial charge in [-0.1, -0.05) is 15.9 Å². The van der Waals surface area contributed by atoms with Gasteiger partial charge in [-0.3, -0.25) is 4.79 Å². The molecule has 100 valence electrons. The molecule has 0 fully saturated rings. The van der Waals surface area contributed by atoms with Gasteiger partial charge in [0.2, 0.25) is 0 Å². The number of ether oxygens (including phenoxy) is 1. The van der Waals surface area contributed by atoms with E-state index in [1.165, 1.54) is 0 Å². The summed E-state index contributed by atoms with van der Waals surface area (Å²) < 4.78 is 5.96. The number of esters is 1. The fraction of sp³-hybridized carbons (Fsp3) is 0.500. The maximum absolute atomic E-state index is 11.2. The summed E-state index contributed by atoms with van der Waals surface area (Å²) in [4.78, 5) is 11.2. The van der Waals surface area contributed by atoms with Gasteiger partial charge in [0.25, 0.3) is 0 Å². The van der Waals surface area contributed by atoms with E-state index in [1.54, 1.807) is 0 Å². The van der Waals surface area contributed by atoms with E-state index in [-0.39, 0.29) is 5.97 Å². The van der Waals surface area contributed by atoms with E-state index in [0.29, 0.717) is 19.1 Å². The molecule has 1 rings (SSSR count). The van der Waals surface area contributed by atoms with Crippen molar-refractivity contribution in [3.63, 3.8) is 0 Å². The number of rotatable bonds is 7. The summed E-state index contributed by atoms with van der Waals surface area (Å²) in [5, 5.41) is 3.40. The Kier molecular flexibility index (Phi) is 6.80. The zero-order chi connectivity index (χ0) is 13.4. The Hall–Kier alpha value is -1.03. The molecule has 1 aromatic carbocycles. The maximum Gasteiger partial charge on any atom is 0.305 e. The predicted molar refractivity (Wildman–Crippen MR) is 77.7 cm³/mol. The van der Waals surface area contributed by atoms with Gasteiger partial charge < -0.3 is 10.1 Å². The van der Waals surface area contributed by atoms with Gasteiger partial charge in [-0.15, -0.1) is 0 Å². The maximum atomic E-state index is 11.2. The molecule has 0 bridgehead atoms. The second-order valence-electron chi connectivity index (χ2n) is 4.25. The Morgan fingerprint density at radius 1 is 1.39 bits per heavy atom. The molecule has 1 N–H and O–H groups in total. The first-order valence-corrected chi connectivity index (χ1v) is 7.09. The zero-order valence-electron chi connectivity index (χ0n) is 10.9. The molecule has 0 aromatic heterocycles. The monoisotopic (exact) mass is 313 g/mol. The van der Waals surface area contributed by atoms with Crippen molar-refractivity contribution < 1.29 is 9.53 Å². The quantitative estimate of drug-likeness (QED) is 0.774. The molecule has 0 aliphatic rings. The lowest BCUT2D eigenvalue weighted by atomic mass is 10.1. The van der Waals surface area contributed by atoms with Crippen LogP contribution in [-0.4, -0.2) is 18.6 Å². The zero-order valence-corrected chi connectivity index (χ0v) is 12.5. The molecule has 0 spiro atoms. The molecule has 0 aliphatic carbocycles. The van der Waals surface area contributed by atoms with Crippen LogP contribution in [0.4, 0.5) is 5.69 Å². The van der Waals surface area contributed by atoms with E-state index < -0.39 is 0 Å². The number of hydrogen-bond donors (Lipinski definition) is 1. The third-order valence-electron chi connectivity index (χ3n) is 2.58. The first kappa shape index (κ1) is 15.0. The Bertz CT molecular complexity index is 365. The highest BCUT2D eigenvalue weighted by Crippen LogP contribution is 2.16. The highest BCUT2D eigenvalue weighted by molar-refractivity contribution is 9.10. The van der Waals surface area contributed by atoms with Crippen LogP contribution >= 0.6 is 15.9 Å². The lowest BCUT2D eigenvalue weighted by Gasteiger charge is -2.15. The number of benzene rings is 1. The fourth-order valence-electron chi connectivity index (χ4n) is 1.69. The molecule has 0 radical (unpaired) electrons. The summed E-state index contributed by atoms with van der Waals surface area (Å²) >= 11 is 3.41. The Labute approximate surface area is 117 Å². The molecule has 0 aliphatic heterocycles. The SMILES string of the molecule is CCOC(=O)CCCC(C)Nc1ccc(Br)cc1. The van der Waals surface area contributed by atoms with Crippen LogP contribution in [0.2, 0.25) is 0 Å². The van der Waals surface area contributed by atoms with Crippen molar-refractivity contribution in [2.75, 3.05) is 11.9 Å². The van der Waals surface area contributed by atoms with Crippen LogP contribution in [0.5, 0.6) is 0 Å². The lowest BCUT2D eigenvalue weighted by Crippen LogP contribution is -2.15. The number of anilines is 1. The van der Waals surface area contributed by atoms with E-state index in [0.717, 1.165) is 23.0 Å². The Morgan fingerprint density at radius 2 is 2.06 bits per heavy atom. The van der Waals surface area contributed by atoms with E-state index in [9.17, 15) is 4.79 Å². The molecule has 1 atom stereocenters. The average molecular weight is 314 g/mol. The number of hydrogen-bond acceptors (Lipinski definition) is 3. The molecule has 0 amide bonds. The van der Waals surface area contributed by atoms with Gasteiger partial charge in [-0.2, -0.15) is 0 Å². The van der Waals surface area contributed by atoms with Crippen LogP contribution in [0.15, 0.2) is 28.7 Å². The minimum Gasteiger partial charge on any atom is -0.466 e. The molecule has 0 saturated carbocycles. The van der Waals surface area contributed by atoms with Gasteiger partial charge in [0, 0.05) is 22.6 Å². The topological polar surface area (TPSA) is 38.3 Å². The molecule has 1 unspecified atom stereocenters. The first-order chi connectivity index (χ1) is 8.61. The predicted octanol–water partition coefficient (Wildman–Crippen LogP) is 3.98. The van der Waals surface area contributed by atoms with Gasteiger partial charge in [0.05, 0.1) is 6.61 Å². The van der Waals surface area contributed by atoms with Gasteiger partial charge in [-0.25, -0.2) is 0 Å². The third-order valence-corrected chi connectivity index (χ3v) is 3.11. The van der Waals surface area contributed by atoms with Crippen LogP contribution in [-0.2, 0) is 9.53 Å². The number of carbonyl (C=O) groups is 1. The summed E-state index contributed by atoms with van der Waals surface area (Å²) in [5.41, 5.74) is 1.10. The van der Waals surface area contributed by atoms with Crippen LogP contribution < -0.4 is 5.32 Å². The second-order valence-corrected chi connectivity index (χ2v) is 5.17. The summed E-state index contributed by atoms with van der Waals surface area (Å²) in [6.07, 6.45) is 2.30. The van der Waals surface area contributed by atoms with Crippen molar-refractivity contribution in [3.05, 3.63) is 28.7 Å². The van der Waals surface area contributed by atoms with Crippen LogP contribution in [0.1, 0.15) is 33.1 Å². The molecule has 0 heterocycles. The van der Waals surface area contributed by atoms with Crippen molar-refractivity contribution in [3.8, 4) is 0 Å². The summed E-state index contributed by atoms with van der Waals surface area (Å²) in [7, 11) is 0. The highest BCUT2D eigenvalue weighted by Gasteiger charge is 2.05. The molecule has 3 nitrogen and oxygen atoms in total. The van der Waals surface area contributed by atoms with Gasteiger partial charge in [-0.05, 0) is 51.0 Å². The van der Waals surface area contributed by atoms with Crippen molar-refractivity contribution in [2.24, 2.45) is 0 Å². The largest absolute Gasteiger partial charge is 0.466 e. The number of nitrogens with one attached hydrogen (secondary N) is 1. The first-order valence-electron chi connectivity index (χ1n) is 6.29. The third kappa shape index (κ3) is 6.05. The van der Waals surface area contributed by atoms with Crippen LogP contribution in [0, 0.1) is 0 Å². The highest BCUT2D eigenvalue weighted by atomic mass is 79.9. The second kappa shape index (κ2) is 8.14. The van der Waals surface area contributed by atoms with Crippen molar-refractivity contribution >= 4 is 27.6 Å². The standard InChI is InChI=1S/C14H20BrNO2/c1-3-18-14(17)6-4-5-11(2)16-13-9-7-12(15)8-10-13/h7-11,16H,3-6H2,1-2H3. The lowest BCUT2D eigenvalue weighted by molar-refractivity contribution is -0.143. The minimum absolute atomic E-state index is 0.103. The minimum atomic E-state index is -0.103. The summed E-state index contributed by atoms with van der Waals surface area (Å²) in [6.45, 7) is 4.41. The van der Waals surface area contributed by atoms with E-state index in [4.69, 9.17) is 4.74 Å². The molecular weight excluding hydrogens is 294 g/mol.